The Balaban J connectivity index is 2.71. The van der Waals surface area contributed by atoms with Crippen LogP contribution in [0.1, 0.15) is 18.6 Å². The van der Waals surface area contributed by atoms with E-state index in [0.717, 1.165) is 0 Å². The summed E-state index contributed by atoms with van der Waals surface area (Å²) in [6.07, 6.45) is -1.28. The van der Waals surface area contributed by atoms with Crippen molar-refractivity contribution in [2.24, 2.45) is 5.73 Å². The van der Waals surface area contributed by atoms with Gasteiger partial charge in [0.05, 0.1) is 6.61 Å². The Hall–Kier alpha value is -1.73. The van der Waals surface area contributed by atoms with E-state index in [1.54, 1.807) is 6.92 Å². The molecule has 0 aliphatic heterocycles. The maximum absolute atomic E-state index is 11.9. The monoisotopic (exact) mass is 275 g/mol. The van der Waals surface area contributed by atoms with Crippen molar-refractivity contribution in [3.63, 3.8) is 0 Å². The van der Waals surface area contributed by atoms with Gasteiger partial charge in [-0.3, -0.25) is 4.79 Å². The Morgan fingerprint density at radius 3 is 2.42 bits per heavy atom. The number of rotatable bonds is 6. The molecule has 0 bridgehead atoms. The van der Waals surface area contributed by atoms with Gasteiger partial charge in [0.2, 0.25) is 0 Å². The molecule has 0 saturated heterocycles. The minimum absolute atomic E-state index is 0.0457. The number of benzene rings is 1. The van der Waals surface area contributed by atoms with Gasteiger partial charge in [-0.1, -0.05) is 12.1 Å². The van der Waals surface area contributed by atoms with Gasteiger partial charge in [-0.25, -0.2) is 0 Å². The number of ether oxygens (including phenoxy) is 2. The highest BCUT2D eigenvalue weighted by Gasteiger charge is 2.25. The summed E-state index contributed by atoms with van der Waals surface area (Å²) in [4.78, 5) is 11.3. The molecule has 0 spiro atoms. The van der Waals surface area contributed by atoms with Crippen molar-refractivity contribution in [1.29, 1.82) is 0 Å². The normalized spacial score (nSPS) is 14.0. The van der Waals surface area contributed by atoms with E-state index in [-0.39, 0.29) is 12.4 Å². The lowest BCUT2D eigenvalue weighted by Gasteiger charge is -2.17. The van der Waals surface area contributed by atoms with E-state index in [2.05, 4.69) is 9.47 Å². The van der Waals surface area contributed by atoms with Crippen molar-refractivity contribution in [1.82, 2.24) is 0 Å². The SMILES string of the molecule is CCOC(=O)[C@@H](N)[C@H](O)c1ccc(OC(F)F)cc1. The highest BCUT2D eigenvalue weighted by atomic mass is 19.3. The molecule has 0 radical (unpaired) electrons. The lowest BCUT2D eigenvalue weighted by molar-refractivity contribution is -0.147. The predicted octanol–water partition coefficient (Wildman–Crippen LogP) is 1.21. The minimum atomic E-state index is -2.92. The summed E-state index contributed by atoms with van der Waals surface area (Å²) >= 11 is 0. The number of aliphatic hydroxyl groups excluding tert-OH is 1. The predicted molar refractivity (Wildman–Crippen MR) is 62.6 cm³/mol. The molecule has 1 aromatic carbocycles. The Morgan fingerprint density at radius 1 is 1.37 bits per heavy atom. The van der Waals surface area contributed by atoms with Gasteiger partial charge in [-0.05, 0) is 24.6 Å². The van der Waals surface area contributed by atoms with Crippen LogP contribution in [0.3, 0.4) is 0 Å². The summed E-state index contributed by atoms with van der Waals surface area (Å²) in [7, 11) is 0. The fourth-order valence-corrected chi connectivity index (χ4v) is 1.42. The van der Waals surface area contributed by atoms with Crippen molar-refractivity contribution in [3.8, 4) is 5.75 Å². The standard InChI is InChI=1S/C12H15F2NO4/c1-2-18-11(17)9(15)10(16)7-3-5-8(6-4-7)19-12(13)14/h3-6,9-10,12,16H,2,15H2,1H3/t9-,10+/m0/s1. The molecular weight excluding hydrogens is 260 g/mol. The molecular formula is C12H15F2NO4. The van der Waals surface area contributed by atoms with Crippen LogP contribution in [0.15, 0.2) is 24.3 Å². The highest BCUT2D eigenvalue weighted by Crippen LogP contribution is 2.21. The lowest BCUT2D eigenvalue weighted by Crippen LogP contribution is -2.38. The third kappa shape index (κ3) is 4.46. The van der Waals surface area contributed by atoms with Crippen LogP contribution in [0.5, 0.6) is 5.75 Å². The van der Waals surface area contributed by atoms with Crippen molar-refractivity contribution < 1.29 is 28.2 Å². The Kier molecular flexibility index (Phi) is 5.65. The van der Waals surface area contributed by atoms with Gasteiger partial charge in [0.15, 0.2) is 0 Å². The molecule has 2 atom stereocenters. The Morgan fingerprint density at radius 2 is 1.95 bits per heavy atom. The molecule has 0 saturated carbocycles. The number of halogens is 2. The third-order valence-electron chi connectivity index (χ3n) is 2.35. The largest absolute Gasteiger partial charge is 0.465 e. The number of hydrogen-bond donors (Lipinski definition) is 2. The molecule has 0 fully saturated rings. The first-order valence-electron chi connectivity index (χ1n) is 5.60. The van der Waals surface area contributed by atoms with Gasteiger partial charge in [0.25, 0.3) is 0 Å². The van der Waals surface area contributed by atoms with Crippen LogP contribution in [-0.4, -0.2) is 30.3 Å². The third-order valence-corrected chi connectivity index (χ3v) is 2.35. The van der Waals surface area contributed by atoms with Crippen molar-refractivity contribution >= 4 is 5.97 Å². The first kappa shape index (κ1) is 15.3. The molecule has 1 aromatic rings. The second kappa shape index (κ2) is 7.01. The number of esters is 1. The molecule has 0 aliphatic carbocycles. The number of alkyl halides is 2. The molecule has 106 valence electrons. The first-order chi connectivity index (χ1) is 8.95. The van der Waals surface area contributed by atoms with Crippen LogP contribution in [0.25, 0.3) is 0 Å². The van der Waals surface area contributed by atoms with E-state index in [4.69, 9.17) is 5.73 Å². The number of carbonyl (C=O) groups excluding carboxylic acids is 1. The molecule has 0 unspecified atom stereocenters. The molecule has 0 aliphatic rings. The number of aliphatic hydroxyl groups is 1. The number of carbonyl (C=O) groups is 1. The second-order valence-electron chi connectivity index (χ2n) is 3.67. The van der Waals surface area contributed by atoms with E-state index < -0.39 is 24.7 Å². The van der Waals surface area contributed by atoms with E-state index in [1.165, 1.54) is 24.3 Å². The van der Waals surface area contributed by atoms with Crippen molar-refractivity contribution in [2.75, 3.05) is 6.61 Å². The zero-order valence-electron chi connectivity index (χ0n) is 10.3. The average molecular weight is 275 g/mol. The van der Waals surface area contributed by atoms with Crippen LogP contribution in [0.2, 0.25) is 0 Å². The fourth-order valence-electron chi connectivity index (χ4n) is 1.42. The van der Waals surface area contributed by atoms with Gasteiger partial charge in [0, 0.05) is 0 Å². The van der Waals surface area contributed by atoms with E-state index in [0.29, 0.717) is 5.56 Å². The van der Waals surface area contributed by atoms with Crippen LogP contribution >= 0.6 is 0 Å². The van der Waals surface area contributed by atoms with Crippen LogP contribution < -0.4 is 10.5 Å². The summed E-state index contributed by atoms with van der Waals surface area (Å²) < 4.78 is 32.7. The number of nitrogens with two attached hydrogens (primary N) is 1. The highest BCUT2D eigenvalue weighted by molar-refractivity contribution is 5.76. The summed E-state index contributed by atoms with van der Waals surface area (Å²) in [6, 6.07) is 3.97. The van der Waals surface area contributed by atoms with Gasteiger partial charge < -0.3 is 20.3 Å². The summed E-state index contributed by atoms with van der Waals surface area (Å²) in [5.41, 5.74) is 5.83. The molecule has 0 amide bonds. The van der Waals surface area contributed by atoms with Crippen LogP contribution in [0, 0.1) is 0 Å². The lowest BCUT2D eigenvalue weighted by atomic mass is 10.0. The zero-order valence-corrected chi connectivity index (χ0v) is 10.3. The van der Waals surface area contributed by atoms with Crippen LogP contribution in [0.4, 0.5) is 8.78 Å². The molecule has 0 heterocycles. The number of hydrogen-bond acceptors (Lipinski definition) is 5. The van der Waals surface area contributed by atoms with Gasteiger partial charge in [0.1, 0.15) is 17.9 Å². The zero-order chi connectivity index (χ0) is 14.4. The quantitative estimate of drug-likeness (QED) is 0.763. The summed E-state index contributed by atoms with van der Waals surface area (Å²) in [5.74, 6) is -0.779. The maximum atomic E-state index is 11.9. The molecule has 19 heavy (non-hydrogen) atoms. The molecule has 5 nitrogen and oxygen atoms in total. The average Bonchev–Trinajstić information content (AvgIpc) is 2.37. The topological polar surface area (TPSA) is 81.8 Å². The molecule has 3 N–H and O–H groups in total. The molecule has 1 rings (SSSR count). The second-order valence-corrected chi connectivity index (χ2v) is 3.67. The van der Waals surface area contributed by atoms with Crippen LogP contribution in [-0.2, 0) is 9.53 Å². The van der Waals surface area contributed by atoms with Gasteiger partial charge in [-0.2, -0.15) is 8.78 Å². The van der Waals surface area contributed by atoms with E-state index in [9.17, 15) is 18.7 Å². The summed E-state index contributed by atoms with van der Waals surface area (Å²) in [5, 5.41) is 9.84. The maximum Gasteiger partial charge on any atom is 0.387 e. The smallest absolute Gasteiger partial charge is 0.387 e. The van der Waals surface area contributed by atoms with E-state index >= 15 is 0 Å². The minimum Gasteiger partial charge on any atom is -0.465 e. The first-order valence-corrected chi connectivity index (χ1v) is 5.60. The van der Waals surface area contributed by atoms with Gasteiger partial charge in [-0.15, -0.1) is 0 Å². The summed E-state index contributed by atoms with van der Waals surface area (Å²) in [6.45, 7) is -1.15. The van der Waals surface area contributed by atoms with E-state index in [1.807, 2.05) is 0 Å². The van der Waals surface area contributed by atoms with Gasteiger partial charge >= 0.3 is 12.6 Å². The Labute approximate surface area is 108 Å². The van der Waals surface area contributed by atoms with Crippen molar-refractivity contribution in [3.05, 3.63) is 29.8 Å². The molecule has 7 heteroatoms. The fraction of sp³-hybridized carbons (Fsp3) is 0.417. The van der Waals surface area contributed by atoms with Crippen molar-refractivity contribution in [2.45, 2.75) is 25.7 Å². The molecule has 0 aromatic heterocycles. The Bertz CT molecular complexity index is 411.